The van der Waals surface area contributed by atoms with E-state index >= 15 is 0 Å². The monoisotopic (exact) mass is 319 g/mol. The molecule has 0 unspecified atom stereocenters. The summed E-state index contributed by atoms with van der Waals surface area (Å²) in [4.78, 5) is 0. The molecule has 0 amide bonds. The largest absolute Gasteiger partial charge is 0.504 e. The average molecular weight is 319 g/mol. The number of hydrogen-bond donors (Lipinski definition) is 3. The predicted molar refractivity (Wildman–Crippen MR) is 91.1 cm³/mol. The molecule has 2 aromatic carbocycles. The van der Waals surface area contributed by atoms with Crippen molar-refractivity contribution in [3.63, 3.8) is 0 Å². The fourth-order valence-corrected chi connectivity index (χ4v) is 2.42. The first-order valence-electron chi connectivity index (χ1n) is 6.62. The molecule has 8 heteroatoms. The van der Waals surface area contributed by atoms with Crippen LogP contribution in [-0.2, 0) is 0 Å². The number of nitriles is 1. The first kappa shape index (κ1) is 14.9. The number of hydrogen-bond acceptors (Lipinski definition) is 7. The fraction of sp³-hybridized carbons (Fsp3) is 0. The van der Waals surface area contributed by atoms with Crippen LogP contribution < -0.4 is 16.1 Å². The van der Waals surface area contributed by atoms with Crippen molar-refractivity contribution in [1.29, 1.82) is 5.26 Å². The summed E-state index contributed by atoms with van der Waals surface area (Å²) in [5, 5.41) is 25.1. The number of anilines is 4. The zero-order valence-corrected chi connectivity index (χ0v) is 12.6. The van der Waals surface area contributed by atoms with Gasteiger partial charge >= 0.3 is 0 Å². The number of rotatable bonds is 4. The third-order valence-electron chi connectivity index (χ3n) is 3.11. The van der Waals surface area contributed by atoms with Crippen LogP contribution in [0.4, 0.5) is 23.0 Å². The van der Waals surface area contributed by atoms with Crippen LogP contribution in [0.3, 0.4) is 0 Å². The summed E-state index contributed by atoms with van der Waals surface area (Å²) in [5.74, 6) is 0.784. The number of nitrogens with zero attached hydrogens (tertiary/aromatic N) is 3. The Hall–Kier alpha value is -3.05. The molecule has 1 aromatic heterocycles. The van der Waals surface area contributed by atoms with Gasteiger partial charge in [0.05, 0.1) is 23.0 Å². The molecule has 3 N–H and O–H groups in total. The van der Waals surface area contributed by atoms with Crippen molar-refractivity contribution >= 4 is 48.0 Å². The van der Waals surface area contributed by atoms with E-state index in [0.717, 1.165) is 11.7 Å². The van der Waals surface area contributed by atoms with E-state index < -0.39 is 0 Å². The van der Waals surface area contributed by atoms with Gasteiger partial charge in [-0.25, -0.2) is 0 Å². The highest BCUT2D eigenvalue weighted by atomic mass is 32.1. The number of phenols is 1. The van der Waals surface area contributed by atoms with Crippen LogP contribution in [0.25, 0.3) is 0 Å². The third kappa shape index (κ3) is 3.10. The van der Waals surface area contributed by atoms with Gasteiger partial charge in [0, 0.05) is 5.69 Å². The molecule has 0 aliphatic carbocycles. The smallest absolute Gasteiger partial charge is 0.189 e. The lowest BCUT2D eigenvalue weighted by atomic mass is 9.94. The van der Waals surface area contributed by atoms with E-state index in [1.807, 2.05) is 24.3 Å². The summed E-state index contributed by atoms with van der Waals surface area (Å²) >= 11 is 1.01. The van der Waals surface area contributed by atoms with Crippen molar-refractivity contribution < 1.29 is 5.11 Å². The topological polar surface area (TPSA) is 93.9 Å². The molecule has 6 nitrogen and oxygen atoms in total. The fourth-order valence-electron chi connectivity index (χ4n) is 1.95. The van der Waals surface area contributed by atoms with E-state index in [-0.39, 0.29) is 11.3 Å². The molecule has 2 radical (unpaired) electrons. The maximum Gasteiger partial charge on any atom is 0.189 e. The van der Waals surface area contributed by atoms with Gasteiger partial charge in [0.2, 0.25) is 0 Å². The molecule has 0 aliphatic rings. The second-order valence-electron chi connectivity index (χ2n) is 4.61. The Balaban J connectivity index is 1.88. The summed E-state index contributed by atoms with van der Waals surface area (Å²) in [6.07, 6.45) is 0. The Morgan fingerprint density at radius 1 is 1.00 bits per heavy atom. The maximum absolute atomic E-state index is 10.0. The molecular formula is C15H10BN5OS. The highest BCUT2D eigenvalue weighted by Crippen LogP contribution is 2.32. The summed E-state index contributed by atoms with van der Waals surface area (Å²) in [7, 11) is 5.90. The number of para-hydroxylation sites is 2. The van der Waals surface area contributed by atoms with E-state index in [1.165, 1.54) is 6.07 Å². The van der Waals surface area contributed by atoms with E-state index in [1.54, 1.807) is 18.2 Å². The second kappa shape index (κ2) is 6.38. The molecule has 0 saturated carbocycles. The van der Waals surface area contributed by atoms with Gasteiger partial charge in [0.25, 0.3) is 0 Å². The van der Waals surface area contributed by atoms with Crippen molar-refractivity contribution in [2.45, 2.75) is 0 Å². The quantitative estimate of drug-likeness (QED) is 0.505. The van der Waals surface area contributed by atoms with E-state index in [4.69, 9.17) is 13.1 Å². The molecule has 0 aliphatic heterocycles. The molecule has 3 rings (SSSR count). The van der Waals surface area contributed by atoms with Crippen LogP contribution in [0, 0.1) is 11.3 Å². The third-order valence-corrected chi connectivity index (χ3v) is 3.64. The minimum Gasteiger partial charge on any atom is -0.504 e. The molecule has 0 fully saturated rings. The molecule has 0 saturated heterocycles. The molecule has 23 heavy (non-hydrogen) atoms. The van der Waals surface area contributed by atoms with Crippen molar-refractivity contribution in [3.05, 3.63) is 48.0 Å². The second-order valence-corrected chi connectivity index (χ2v) is 5.14. The van der Waals surface area contributed by atoms with Gasteiger partial charge in [-0.3, -0.25) is 0 Å². The van der Waals surface area contributed by atoms with Crippen LogP contribution in [-0.4, -0.2) is 21.7 Å². The molecule has 0 spiro atoms. The summed E-state index contributed by atoms with van der Waals surface area (Å²) < 4.78 is 8.33. The first-order chi connectivity index (χ1) is 11.2. The normalized spacial score (nSPS) is 10.0. The molecule has 110 valence electrons. The highest BCUT2D eigenvalue weighted by Gasteiger charge is 2.13. The lowest BCUT2D eigenvalue weighted by Gasteiger charge is -2.10. The van der Waals surface area contributed by atoms with Crippen LogP contribution in [0.1, 0.15) is 5.56 Å². The SMILES string of the molecule is [B]c1ccccc1Nc1nsnc1Nc1cccc(C#N)c1O. The van der Waals surface area contributed by atoms with E-state index in [9.17, 15) is 5.11 Å². The van der Waals surface area contributed by atoms with Crippen LogP contribution in [0.2, 0.25) is 0 Å². The predicted octanol–water partition coefficient (Wildman–Crippen LogP) is 2.40. The number of aromatic hydroxyl groups is 1. The van der Waals surface area contributed by atoms with Gasteiger partial charge in [-0.2, -0.15) is 14.0 Å². The molecular weight excluding hydrogens is 309 g/mol. The van der Waals surface area contributed by atoms with Gasteiger partial charge in [-0.05, 0) is 18.2 Å². The Labute approximate surface area is 138 Å². The van der Waals surface area contributed by atoms with Crippen molar-refractivity contribution in [3.8, 4) is 11.8 Å². The Kier molecular flexibility index (Phi) is 4.12. The van der Waals surface area contributed by atoms with Crippen LogP contribution in [0.5, 0.6) is 5.75 Å². The summed E-state index contributed by atoms with van der Waals surface area (Å²) in [6.45, 7) is 0. The molecule has 3 aromatic rings. The lowest BCUT2D eigenvalue weighted by molar-refractivity contribution is 0.476. The number of phenolic OH excluding ortho intramolecular Hbond substituents is 1. The minimum absolute atomic E-state index is 0.131. The summed E-state index contributed by atoms with van der Waals surface area (Å²) in [6, 6.07) is 14.1. The van der Waals surface area contributed by atoms with Crippen LogP contribution >= 0.6 is 11.7 Å². The molecule has 0 bridgehead atoms. The van der Waals surface area contributed by atoms with E-state index in [2.05, 4.69) is 19.4 Å². The molecule has 1 heterocycles. The average Bonchev–Trinajstić information content (AvgIpc) is 2.99. The number of aromatic nitrogens is 2. The van der Waals surface area contributed by atoms with Gasteiger partial charge in [-0.15, -0.1) is 0 Å². The van der Waals surface area contributed by atoms with Crippen LogP contribution in [0.15, 0.2) is 42.5 Å². The standard InChI is InChI=1S/C15H10BN5OS/c16-10-5-1-2-6-11(10)18-14-15(21-23-20-14)19-12-7-3-4-9(8-17)13(12)22/h1-7,22H,(H,18,20)(H,19,21). The van der Waals surface area contributed by atoms with Crippen molar-refractivity contribution in [1.82, 2.24) is 8.75 Å². The highest BCUT2D eigenvalue weighted by molar-refractivity contribution is 6.99. The molecule has 0 atom stereocenters. The zero-order chi connectivity index (χ0) is 16.2. The minimum atomic E-state index is -0.131. The lowest BCUT2D eigenvalue weighted by Crippen LogP contribution is -2.09. The Morgan fingerprint density at radius 3 is 2.35 bits per heavy atom. The number of benzene rings is 2. The van der Waals surface area contributed by atoms with Crippen molar-refractivity contribution in [2.24, 2.45) is 0 Å². The number of nitrogens with one attached hydrogen (secondary N) is 2. The Bertz CT molecular complexity index is 890. The Morgan fingerprint density at radius 2 is 1.65 bits per heavy atom. The zero-order valence-electron chi connectivity index (χ0n) is 11.8. The summed E-state index contributed by atoms with van der Waals surface area (Å²) in [5.41, 5.74) is 1.85. The van der Waals surface area contributed by atoms with Gasteiger partial charge in [0.15, 0.2) is 17.4 Å². The van der Waals surface area contributed by atoms with Gasteiger partial charge < -0.3 is 15.7 Å². The van der Waals surface area contributed by atoms with Gasteiger partial charge in [-0.1, -0.05) is 29.7 Å². The van der Waals surface area contributed by atoms with Crippen molar-refractivity contribution in [2.75, 3.05) is 10.6 Å². The van der Waals surface area contributed by atoms with E-state index in [0.29, 0.717) is 28.5 Å². The maximum atomic E-state index is 10.0. The van der Waals surface area contributed by atoms with Gasteiger partial charge in [0.1, 0.15) is 13.9 Å². The first-order valence-corrected chi connectivity index (χ1v) is 7.35.